The molecule has 3 heteroatoms. The number of rotatable bonds is 4. The van der Waals surface area contributed by atoms with Gasteiger partial charge >= 0.3 is 0 Å². The van der Waals surface area contributed by atoms with E-state index >= 15 is 0 Å². The Bertz CT molecular complexity index is 1690. The average Bonchev–Trinajstić information content (AvgIpc) is 3.15. The van der Waals surface area contributed by atoms with Crippen LogP contribution in [0.15, 0.2) is 54.7 Å². The van der Waals surface area contributed by atoms with Crippen LogP contribution in [0.5, 0.6) is 0 Å². The lowest BCUT2D eigenvalue weighted by molar-refractivity contribution is -0.643. The highest BCUT2D eigenvalue weighted by Crippen LogP contribution is 2.41. The molecule has 0 spiro atoms. The van der Waals surface area contributed by atoms with Crippen molar-refractivity contribution in [3.63, 3.8) is 0 Å². The summed E-state index contributed by atoms with van der Waals surface area (Å²) in [5.74, 6) is 0. The number of benzene rings is 3. The molecule has 0 aliphatic carbocycles. The maximum atomic E-state index is 2.60. The van der Waals surface area contributed by atoms with Crippen molar-refractivity contribution in [3.05, 3.63) is 65.9 Å². The Hall–Kier alpha value is -2.91. The molecule has 0 aliphatic rings. The van der Waals surface area contributed by atoms with Crippen molar-refractivity contribution in [1.82, 2.24) is 4.40 Å². The van der Waals surface area contributed by atoms with E-state index < -0.39 is 8.07 Å². The maximum absolute atomic E-state index is 2.60. The highest BCUT2D eigenvalue weighted by atomic mass is 28.3. The van der Waals surface area contributed by atoms with Crippen LogP contribution < -0.4 is 9.75 Å². The largest absolute Gasteiger partial charge is 0.307 e. The van der Waals surface area contributed by atoms with Gasteiger partial charge in [-0.15, -0.1) is 0 Å². The van der Waals surface area contributed by atoms with Gasteiger partial charge in [0.2, 0.25) is 5.52 Å². The summed E-state index contributed by atoms with van der Waals surface area (Å²) < 4.78 is 4.93. The van der Waals surface area contributed by atoms with Crippen molar-refractivity contribution in [2.45, 2.75) is 52.8 Å². The van der Waals surface area contributed by atoms with Crippen LogP contribution >= 0.6 is 0 Å². The zero-order valence-corrected chi connectivity index (χ0v) is 21.7. The van der Waals surface area contributed by atoms with Gasteiger partial charge in [-0.25, -0.2) is 4.57 Å². The predicted molar refractivity (Wildman–Crippen MR) is 146 cm³/mol. The zero-order valence-electron chi connectivity index (χ0n) is 20.7. The van der Waals surface area contributed by atoms with Crippen molar-refractivity contribution in [3.8, 4) is 0 Å². The second-order valence-corrected chi connectivity index (χ2v) is 15.3. The topological polar surface area (TPSA) is 8.29 Å². The van der Waals surface area contributed by atoms with Gasteiger partial charge < -0.3 is 4.40 Å². The van der Waals surface area contributed by atoms with Crippen LogP contribution in [0.2, 0.25) is 18.1 Å². The Balaban J connectivity index is 1.99. The SMILES string of the molecule is CC[Si](CC)(CC)c1cc2cc[n+](C)c3c4c(C)ccc5c6ccc(C)cc6n(c(c1)c23)c54. The van der Waals surface area contributed by atoms with E-state index in [-0.39, 0.29) is 0 Å². The quantitative estimate of drug-likeness (QED) is 0.117. The lowest BCUT2D eigenvalue weighted by Crippen LogP contribution is -2.45. The van der Waals surface area contributed by atoms with Crippen molar-refractivity contribution in [2.24, 2.45) is 7.05 Å². The molecule has 0 unspecified atom stereocenters. The van der Waals surface area contributed by atoms with Gasteiger partial charge in [0.1, 0.15) is 7.05 Å². The van der Waals surface area contributed by atoms with E-state index in [0.717, 1.165) is 0 Å². The summed E-state index contributed by atoms with van der Waals surface area (Å²) in [4.78, 5) is 0. The average molecular weight is 450 g/mol. The highest BCUT2D eigenvalue weighted by molar-refractivity contribution is 6.92. The standard InChI is InChI=1S/C30H33N2Si/c1-7-33(8-2,9-3)22-17-21-14-15-31(6)30-27-20(5)11-13-24-23-12-10-19(4)16-25(23)32(29(24)27)26(18-22)28(21)30/h10-18H,7-9H2,1-6H3/q+1. The van der Waals surface area contributed by atoms with Gasteiger partial charge in [-0.05, 0) is 42.5 Å². The van der Waals surface area contributed by atoms with Crippen molar-refractivity contribution >= 4 is 62.3 Å². The van der Waals surface area contributed by atoms with E-state index in [4.69, 9.17) is 0 Å². The molecule has 0 bridgehead atoms. The molecule has 0 amide bonds. The third-order valence-electron chi connectivity index (χ3n) is 8.63. The fraction of sp³-hybridized carbons (Fsp3) is 0.300. The third-order valence-corrected chi connectivity index (χ3v) is 14.2. The second-order valence-electron chi connectivity index (χ2n) is 10.1. The van der Waals surface area contributed by atoms with E-state index in [2.05, 4.69) is 105 Å². The summed E-state index contributed by atoms with van der Waals surface area (Å²) in [5.41, 5.74) is 8.12. The number of aromatic nitrogens is 2. The summed E-state index contributed by atoms with van der Waals surface area (Å²) in [6.07, 6.45) is 2.26. The Morgan fingerprint density at radius 2 is 1.52 bits per heavy atom. The third kappa shape index (κ3) is 2.57. The van der Waals surface area contributed by atoms with Crippen LogP contribution in [0.3, 0.4) is 0 Å². The van der Waals surface area contributed by atoms with Gasteiger partial charge in [0.05, 0.1) is 35.4 Å². The van der Waals surface area contributed by atoms with Crippen LogP contribution in [0.1, 0.15) is 31.9 Å². The van der Waals surface area contributed by atoms with E-state index in [1.54, 1.807) is 5.19 Å². The number of hydrogen-bond donors (Lipinski definition) is 0. The molecule has 0 radical (unpaired) electrons. The fourth-order valence-electron chi connectivity index (χ4n) is 6.49. The molecule has 0 saturated heterocycles. The van der Waals surface area contributed by atoms with Crippen LogP contribution in [-0.2, 0) is 7.05 Å². The van der Waals surface area contributed by atoms with Gasteiger partial charge in [0.25, 0.3) is 0 Å². The first kappa shape index (κ1) is 20.7. The molecule has 3 heterocycles. The molecule has 0 fully saturated rings. The minimum atomic E-state index is -1.53. The molecule has 0 saturated carbocycles. The molecule has 33 heavy (non-hydrogen) atoms. The molecule has 6 aromatic rings. The number of pyridine rings is 2. The summed E-state index contributed by atoms with van der Waals surface area (Å²) in [7, 11) is 0.676. The summed E-state index contributed by atoms with van der Waals surface area (Å²) >= 11 is 0. The smallest absolute Gasteiger partial charge is 0.224 e. The molecule has 3 aromatic heterocycles. The van der Waals surface area contributed by atoms with Crippen LogP contribution in [0.4, 0.5) is 0 Å². The van der Waals surface area contributed by atoms with Crippen molar-refractivity contribution in [2.75, 3.05) is 0 Å². The Labute approximate surface area is 196 Å². The van der Waals surface area contributed by atoms with Crippen molar-refractivity contribution in [1.29, 1.82) is 0 Å². The number of aryl methyl sites for hydroxylation is 3. The van der Waals surface area contributed by atoms with Gasteiger partial charge in [-0.3, -0.25) is 0 Å². The van der Waals surface area contributed by atoms with Gasteiger partial charge in [-0.2, -0.15) is 0 Å². The maximum Gasteiger partial charge on any atom is 0.224 e. The Morgan fingerprint density at radius 1 is 0.788 bits per heavy atom. The molecular formula is C30H33N2Si+. The fourth-order valence-corrected chi connectivity index (χ4v) is 10.1. The molecule has 0 aliphatic heterocycles. The number of hydrogen-bond acceptors (Lipinski definition) is 0. The summed E-state index contributed by atoms with van der Waals surface area (Å²) in [6, 6.07) is 23.0. The van der Waals surface area contributed by atoms with Crippen LogP contribution in [0, 0.1) is 13.8 Å². The molecular weight excluding hydrogens is 416 g/mol. The Kier molecular flexibility index (Phi) is 4.41. The summed E-state index contributed by atoms with van der Waals surface area (Å²) in [5, 5.41) is 8.52. The van der Waals surface area contributed by atoms with Gasteiger partial charge in [0.15, 0.2) is 6.20 Å². The zero-order chi connectivity index (χ0) is 23.1. The highest BCUT2D eigenvalue weighted by Gasteiger charge is 2.31. The lowest BCUT2D eigenvalue weighted by Gasteiger charge is -2.29. The lowest BCUT2D eigenvalue weighted by atomic mass is 10.00. The monoisotopic (exact) mass is 449 g/mol. The first-order valence-corrected chi connectivity index (χ1v) is 15.1. The van der Waals surface area contributed by atoms with Gasteiger partial charge in [-0.1, -0.05) is 74.4 Å². The molecule has 166 valence electrons. The first-order valence-electron chi connectivity index (χ1n) is 12.5. The minimum Gasteiger partial charge on any atom is -0.307 e. The molecule has 3 aromatic carbocycles. The van der Waals surface area contributed by atoms with E-state index in [0.29, 0.717) is 0 Å². The van der Waals surface area contributed by atoms with Crippen LogP contribution in [-0.4, -0.2) is 12.5 Å². The summed E-state index contributed by atoms with van der Waals surface area (Å²) in [6.45, 7) is 11.7. The molecule has 2 nitrogen and oxygen atoms in total. The van der Waals surface area contributed by atoms with Gasteiger partial charge in [0, 0.05) is 16.8 Å². The molecule has 0 atom stereocenters. The number of fused-ring (bicyclic) bond motifs is 5. The van der Waals surface area contributed by atoms with E-state index in [1.165, 1.54) is 78.3 Å². The normalized spacial score (nSPS) is 12.9. The molecule has 0 N–H and O–H groups in total. The predicted octanol–water partition coefficient (Wildman–Crippen LogP) is 7.15. The molecule has 6 rings (SSSR count). The van der Waals surface area contributed by atoms with Crippen molar-refractivity contribution < 1.29 is 4.57 Å². The first-order chi connectivity index (χ1) is 15.9. The minimum absolute atomic E-state index is 1.30. The second kappa shape index (κ2) is 7.04. The van der Waals surface area contributed by atoms with E-state index in [9.17, 15) is 0 Å². The van der Waals surface area contributed by atoms with Crippen LogP contribution in [0.25, 0.3) is 49.0 Å². The van der Waals surface area contributed by atoms with E-state index in [1.807, 2.05) is 0 Å². The Morgan fingerprint density at radius 3 is 2.24 bits per heavy atom. The number of nitrogens with zero attached hydrogens (tertiary/aromatic N) is 2.